The molecule has 43 heavy (non-hydrogen) atoms. The molecule has 3 fully saturated rings. The topological polar surface area (TPSA) is 151 Å². The smallest absolute Gasteiger partial charge is 0.327 e. The monoisotopic (exact) mass is 588 g/mol. The fraction of sp³-hybridized carbons (Fsp3) is 0.469. The largest absolute Gasteiger partial charge is 0.480 e. The van der Waals surface area contributed by atoms with Crippen molar-refractivity contribution in [2.75, 3.05) is 39.3 Å². The van der Waals surface area contributed by atoms with Crippen LogP contribution >= 0.6 is 0 Å². The summed E-state index contributed by atoms with van der Waals surface area (Å²) in [4.78, 5) is 57.2. The normalized spacial score (nSPS) is 22.2. The maximum absolute atomic E-state index is 13.2. The summed E-state index contributed by atoms with van der Waals surface area (Å²) in [5, 5.41) is 17.6. The Labute approximate surface area is 251 Å². The zero-order valence-corrected chi connectivity index (χ0v) is 24.4. The van der Waals surface area contributed by atoms with Crippen molar-refractivity contribution in [3.05, 3.63) is 71.3 Å². The van der Waals surface area contributed by atoms with Gasteiger partial charge in [0.15, 0.2) is 12.0 Å². The Bertz CT molecular complexity index is 1340. The van der Waals surface area contributed by atoms with Gasteiger partial charge in [-0.05, 0) is 54.7 Å². The Morgan fingerprint density at radius 2 is 1.44 bits per heavy atom. The molecule has 0 aromatic heterocycles. The molecule has 3 saturated heterocycles. The summed E-state index contributed by atoms with van der Waals surface area (Å²) in [6.45, 7) is 2.30. The molecule has 0 saturated carbocycles. The predicted molar refractivity (Wildman–Crippen MR) is 160 cm³/mol. The Morgan fingerprint density at radius 3 is 2.07 bits per heavy atom. The summed E-state index contributed by atoms with van der Waals surface area (Å²) in [5.74, 6) is -2.46. The number of aryl methyl sites for hydroxylation is 2. The number of guanidine groups is 1. The van der Waals surface area contributed by atoms with Crippen molar-refractivity contribution in [3.8, 4) is 0 Å². The first-order valence-electron chi connectivity index (χ1n) is 15.0. The zero-order chi connectivity index (χ0) is 30.5. The van der Waals surface area contributed by atoms with Crippen LogP contribution in [0.4, 0.5) is 4.79 Å². The molecule has 3 aliphatic rings. The van der Waals surface area contributed by atoms with Crippen LogP contribution < -0.4 is 5.73 Å². The van der Waals surface area contributed by atoms with Gasteiger partial charge in [0.25, 0.3) is 0 Å². The van der Waals surface area contributed by atoms with Crippen LogP contribution in [0.25, 0.3) is 0 Å². The number of nitrogens with two attached hydrogens (primary N) is 1. The number of nitrogens with one attached hydrogen (secondary N) is 1. The summed E-state index contributed by atoms with van der Waals surface area (Å²) < 4.78 is 0. The van der Waals surface area contributed by atoms with E-state index in [2.05, 4.69) is 24.3 Å². The quantitative estimate of drug-likeness (QED) is 0.243. The van der Waals surface area contributed by atoms with Crippen LogP contribution in [-0.4, -0.2) is 99.8 Å². The SMILES string of the molecule is N=C(N)N1CCCC(C[C@H]2C(=O)N(C(=O)N3CCN(C(=O)Cc4ccc(CCc5ccccc5)cc4)CC3)C2C(=O)O)C1. The molecule has 228 valence electrons. The average molecular weight is 589 g/mol. The molecule has 4 amide bonds. The van der Waals surface area contributed by atoms with Crippen LogP contribution in [-0.2, 0) is 33.6 Å². The number of carboxylic acids is 1. The van der Waals surface area contributed by atoms with E-state index in [0.29, 0.717) is 32.6 Å². The Hall–Kier alpha value is -4.41. The second-order valence-electron chi connectivity index (χ2n) is 11.8. The second-order valence-corrected chi connectivity index (χ2v) is 11.8. The van der Waals surface area contributed by atoms with E-state index in [0.717, 1.165) is 36.1 Å². The van der Waals surface area contributed by atoms with Crippen LogP contribution in [0.3, 0.4) is 0 Å². The highest BCUT2D eigenvalue weighted by molar-refractivity contribution is 6.07. The van der Waals surface area contributed by atoms with E-state index in [4.69, 9.17) is 11.1 Å². The molecule has 2 unspecified atom stereocenters. The molecule has 11 heteroatoms. The lowest BCUT2D eigenvalue weighted by Gasteiger charge is -2.47. The molecule has 3 atom stereocenters. The number of benzene rings is 2. The number of amides is 4. The van der Waals surface area contributed by atoms with Gasteiger partial charge in [-0.25, -0.2) is 14.5 Å². The number of rotatable bonds is 8. The van der Waals surface area contributed by atoms with Crippen molar-refractivity contribution >= 4 is 29.8 Å². The number of imide groups is 1. The molecular weight excluding hydrogens is 548 g/mol. The summed E-state index contributed by atoms with van der Waals surface area (Å²) >= 11 is 0. The minimum Gasteiger partial charge on any atom is -0.480 e. The molecule has 0 aliphatic carbocycles. The first-order valence-corrected chi connectivity index (χ1v) is 15.0. The lowest BCUT2D eigenvalue weighted by molar-refractivity contribution is -0.167. The van der Waals surface area contributed by atoms with E-state index < -0.39 is 29.9 Å². The van der Waals surface area contributed by atoms with E-state index in [-0.39, 0.29) is 37.3 Å². The number of aliphatic carboxylic acids is 1. The average Bonchev–Trinajstić information content (AvgIpc) is 3.02. The molecule has 3 heterocycles. The third-order valence-electron chi connectivity index (χ3n) is 8.95. The number of hydrogen-bond acceptors (Lipinski definition) is 5. The maximum atomic E-state index is 13.2. The van der Waals surface area contributed by atoms with E-state index in [9.17, 15) is 24.3 Å². The minimum absolute atomic E-state index is 0.0266. The third-order valence-corrected chi connectivity index (χ3v) is 8.95. The number of β-lactam (4-membered cyclic amide) rings is 1. The van der Waals surface area contributed by atoms with Crippen molar-refractivity contribution in [3.63, 3.8) is 0 Å². The molecule has 0 radical (unpaired) electrons. The molecular formula is C32H40N6O5. The van der Waals surface area contributed by atoms with Gasteiger partial charge in [-0.2, -0.15) is 0 Å². The molecule has 0 spiro atoms. The predicted octanol–water partition coefficient (Wildman–Crippen LogP) is 2.19. The summed E-state index contributed by atoms with van der Waals surface area (Å²) in [5.41, 5.74) is 9.05. The molecule has 5 rings (SSSR count). The molecule has 3 aliphatic heterocycles. The van der Waals surface area contributed by atoms with Gasteiger partial charge in [-0.1, -0.05) is 54.6 Å². The number of piperidine rings is 1. The molecule has 2 aromatic rings. The van der Waals surface area contributed by atoms with Crippen LogP contribution in [0.1, 0.15) is 36.0 Å². The Kier molecular flexibility index (Phi) is 9.27. The summed E-state index contributed by atoms with van der Waals surface area (Å²) in [6.07, 6.45) is 4.13. The van der Waals surface area contributed by atoms with Gasteiger partial charge in [-0.15, -0.1) is 0 Å². The molecule has 0 bridgehead atoms. The van der Waals surface area contributed by atoms with Crippen LogP contribution in [0, 0.1) is 17.2 Å². The fourth-order valence-corrected chi connectivity index (χ4v) is 6.45. The van der Waals surface area contributed by atoms with Crippen molar-refractivity contribution in [2.24, 2.45) is 17.6 Å². The maximum Gasteiger partial charge on any atom is 0.327 e. The minimum atomic E-state index is -1.21. The summed E-state index contributed by atoms with van der Waals surface area (Å²) in [6, 6.07) is 16.6. The fourth-order valence-electron chi connectivity index (χ4n) is 6.45. The van der Waals surface area contributed by atoms with Crippen molar-refractivity contribution in [1.82, 2.24) is 19.6 Å². The molecule has 4 N–H and O–H groups in total. The highest BCUT2D eigenvalue weighted by Crippen LogP contribution is 2.36. The number of piperazine rings is 1. The third kappa shape index (κ3) is 6.98. The standard InChI is InChI=1S/C32H40N6O5/c33-31(34)37-14-4-7-25(21-37)19-26-28(30(41)42)38(29(26)40)32(43)36-17-15-35(16-18-36)27(39)20-24-12-10-23(11-13-24)9-8-22-5-2-1-3-6-22/h1-3,5-6,10-13,25-26,28H,4,7-9,14-21H2,(H3,33,34)(H,41,42)/t25?,26-,28?/m1/s1. The van der Waals surface area contributed by atoms with Gasteiger partial charge >= 0.3 is 12.0 Å². The number of carbonyl (C=O) groups is 4. The van der Waals surface area contributed by atoms with Gasteiger partial charge in [0.2, 0.25) is 11.8 Å². The number of nitrogens with zero attached hydrogens (tertiary/aromatic N) is 4. The number of likely N-dealkylation sites (tertiary alicyclic amines) is 2. The molecule has 11 nitrogen and oxygen atoms in total. The van der Waals surface area contributed by atoms with Gasteiger partial charge in [0, 0.05) is 39.3 Å². The van der Waals surface area contributed by atoms with Gasteiger partial charge in [0.1, 0.15) is 0 Å². The number of carbonyl (C=O) groups excluding carboxylic acids is 3. The van der Waals surface area contributed by atoms with Gasteiger partial charge < -0.3 is 25.5 Å². The van der Waals surface area contributed by atoms with E-state index >= 15 is 0 Å². The van der Waals surface area contributed by atoms with Crippen LogP contribution in [0.2, 0.25) is 0 Å². The second kappa shape index (κ2) is 13.3. The number of carboxylic acid groups (broad SMARTS) is 1. The summed E-state index contributed by atoms with van der Waals surface area (Å²) in [7, 11) is 0. The van der Waals surface area contributed by atoms with Gasteiger partial charge in [0.05, 0.1) is 12.3 Å². The highest BCUT2D eigenvalue weighted by Gasteiger charge is 2.56. The number of hydrogen-bond donors (Lipinski definition) is 3. The van der Waals surface area contributed by atoms with E-state index in [1.807, 2.05) is 30.3 Å². The van der Waals surface area contributed by atoms with Crippen molar-refractivity contribution < 1.29 is 24.3 Å². The number of urea groups is 1. The van der Waals surface area contributed by atoms with Crippen molar-refractivity contribution in [2.45, 2.75) is 44.6 Å². The molecule has 2 aromatic carbocycles. The van der Waals surface area contributed by atoms with E-state index in [1.54, 1.807) is 9.80 Å². The van der Waals surface area contributed by atoms with E-state index in [1.165, 1.54) is 16.0 Å². The first kappa shape index (κ1) is 30.1. The zero-order valence-electron chi connectivity index (χ0n) is 24.4. The Balaban J connectivity index is 1.09. The lowest BCUT2D eigenvalue weighted by atomic mass is 9.78. The Morgan fingerprint density at radius 1 is 0.837 bits per heavy atom. The lowest BCUT2D eigenvalue weighted by Crippen LogP contribution is -2.70. The van der Waals surface area contributed by atoms with Crippen molar-refractivity contribution in [1.29, 1.82) is 5.41 Å². The van der Waals surface area contributed by atoms with Gasteiger partial charge in [-0.3, -0.25) is 15.0 Å². The van der Waals surface area contributed by atoms with Crippen LogP contribution in [0.5, 0.6) is 0 Å². The first-order chi connectivity index (χ1) is 20.7. The van der Waals surface area contributed by atoms with Crippen LogP contribution in [0.15, 0.2) is 54.6 Å². The highest BCUT2D eigenvalue weighted by atomic mass is 16.4.